The lowest BCUT2D eigenvalue weighted by Gasteiger charge is -2.10. The average Bonchev–Trinajstić information content (AvgIpc) is 2.46. The van der Waals surface area contributed by atoms with Crippen LogP contribution in [-0.4, -0.2) is 45.1 Å². The molecule has 1 heterocycles. The molecular formula is C14H23FN2O3. The zero-order chi connectivity index (χ0) is 14.6. The third-order valence-corrected chi connectivity index (χ3v) is 2.58. The molecule has 1 aromatic rings. The maximum atomic E-state index is 14.0. The van der Waals surface area contributed by atoms with E-state index in [-0.39, 0.29) is 12.5 Å². The van der Waals surface area contributed by atoms with Gasteiger partial charge in [0.1, 0.15) is 6.61 Å². The van der Waals surface area contributed by atoms with E-state index in [0.29, 0.717) is 31.9 Å². The number of hydrogen-bond acceptors (Lipinski definition) is 5. The van der Waals surface area contributed by atoms with Crippen LogP contribution >= 0.6 is 0 Å². The minimum atomic E-state index is -0.409. The number of nitrogens with zero attached hydrogens (tertiary/aromatic N) is 1. The van der Waals surface area contributed by atoms with Crippen LogP contribution in [0.4, 0.5) is 4.39 Å². The van der Waals surface area contributed by atoms with Crippen molar-refractivity contribution < 1.29 is 18.6 Å². The van der Waals surface area contributed by atoms with Gasteiger partial charge in [-0.15, -0.1) is 0 Å². The van der Waals surface area contributed by atoms with Crippen LogP contribution in [0.25, 0.3) is 0 Å². The third kappa shape index (κ3) is 6.27. The summed E-state index contributed by atoms with van der Waals surface area (Å²) in [4.78, 5) is 3.90. The van der Waals surface area contributed by atoms with Crippen LogP contribution in [0.15, 0.2) is 12.3 Å². The topological polar surface area (TPSA) is 52.6 Å². The molecule has 0 amide bonds. The second-order valence-corrected chi connectivity index (χ2v) is 4.22. The lowest BCUT2D eigenvalue weighted by atomic mass is 10.2. The molecule has 0 unspecified atom stereocenters. The molecule has 6 heteroatoms. The van der Waals surface area contributed by atoms with Crippen molar-refractivity contribution >= 4 is 0 Å². The minimum Gasteiger partial charge on any atom is -0.473 e. The highest BCUT2D eigenvalue weighted by Crippen LogP contribution is 2.17. The molecule has 0 aliphatic rings. The Kier molecular flexibility index (Phi) is 8.86. The van der Waals surface area contributed by atoms with Gasteiger partial charge >= 0.3 is 0 Å². The second kappa shape index (κ2) is 10.5. The molecule has 1 rings (SSSR count). The molecule has 0 bridgehead atoms. The summed E-state index contributed by atoms with van der Waals surface area (Å²) in [6.07, 6.45) is 2.56. The third-order valence-electron chi connectivity index (χ3n) is 2.58. The highest BCUT2D eigenvalue weighted by molar-refractivity contribution is 5.23. The van der Waals surface area contributed by atoms with E-state index in [9.17, 15) is 4.39 Å². The smallest absolute Gasteiger partial charge is 0.250 e. The lowest BCUT2D eigenvalue weighted by molar-refractivity contribution is 0.0529. The van der Waals surface area contributed by atoms with Gasteiger partial charge in [0, 0.05) is 25.4 Å². The summed E-state index contributed by atoms with van der Waals surface area (Å²) in [7, 11) is 1.61. The van der Waals surface area contributed by atoms with Crippen molar-refractivity contribution in [3.63, 3.8) is 0 Å². The number of pyridine rings is 1. The van der Waals surface area contributed by atoms with E-state index >= 15 is 0 Å². The van der Waals surface area contributed by atoms with Gasteiger partial charge in [0.05, 0.1) is 19.8 Å². The monoisotopic (exact) mass is 286 g/mol. The van der Waals surface area contributed by atoms with E-state index < -0.39 is 5.82 Å². The largest absolute Gasteiger partial charge is 0.473 e. The van der Waals surface area contributed by atoms with Gasteiger partial charge in [-0.3, -0.25) is 0 Å². The van der Waals surface area contributed by atoms with Gasteiger partial charge in [-0.25, -0.2) is 9.37 Å². The van der Waals surface area contributed by atoms with Gasteiger partial charge in [0.25, 0.3) is 5.88 Å². The summed E-state index contributed by atoms with van der Waals surface area (Å²) >= 11 is 0. The van der Waals surface area contributed by atoms with E-state index in [4.69, 9.17) is 14.2 Å². The fourth-order valence-corrected chi connectivity index (χ4v) is 1.54. The molecule has 0 saturated heterocycles. The first-order valence-electron chi connectivity index (χ1n) is 6.83. The van der Waals surface area contributed by atoms with Crippen molar-refractivity contribution in [3.8, 4) is 5.88 Å². The van der Waals surface area contributed by atoms with Gasteiger partial charge < -0.3 is 19.5 Å². The zero-order valence-electron chi connectivity index (χ0n) is 12.2. The number of aromatic nitrogens is 1. The molecule has 1 N–H and O–H groups in total. The SMILES string of the molecule is CCCNCc1ccnc(OCCOCCOC)c1F. The number of hydrogen-bond donors (Lipinski definition) is 1. The second-order valence-electron chi connectivity index (χ2n) is 4.22. The van der Waals surface area contributed by atoms with Gasteiger partial charge in [-0.1, -0.05) is 6.92 Å². The van der Waals surface area contributed by atoms with Crippen molar-refractivity contribution in [2.24, 2.45) is 0 Å². The normalized spacial score (nSPS) is 10.8. The standard InChI is InChI=1S/C14H23FN2O3/c1-3-5-16-11-12-4-6-17-14(13(12)15)20-10-9-19-8-7-18-2/h4,6,16H,3,5,7-11H2,1-2H3. The average molecular weight is 286 g/mol. The Balaban J connectivity index is 2.35. The van der Waals surface area contributed by atoms with E-state index in [1.807, 2.05) is 0 Å². The Morgan fingerprint density at radius 1 is 1.25 bits per heavy atom. The molecule has 0 saturated carbocycles. The summed E-state index contributed by atoms with van der Waals surface area (Å²) in [5, 5.41) is 3.15. The van der Waals surface area contributed by atoms with Crippen molar-refractivity contribution in [1.29, 1.82) is 0 Å². The van der Waals surface area contributed by atoms with Gasteiger partial charge in [-0.2, -0.15) is 0 Å². The Morgan fingerprint density at radius 3 is 2.80 bits per heavy atom. The molecule has 0 spiro atoms. The van der Waals surface area contributed by atoms with Crippen molar-refractivity contribution in [3.05, 3.63) is 23.6 Å². The fourth-order valence-electron chi connectivity index (χ4n) is 1.54. The van der Waals surface area contributed by atoms with E-state index in [1.165, 1.54) is 0 Å². The molecule has 0 radical (unpaired) electrons. The van der Waals surface area contributed by atoms with Gasteiger partial charge in [0.15, 0.2) is 5.82 Å². The predicted octanol–water partition coefficient (Wildman–Crippen LogP) is 1.76. The van der Waals surface area contributed by atoms with Crippen LogP contribution in [0, 0.1) is 5.82 Å². The first-order chi connectivity index (χ1) is 9.79. The predicted molar refractivity (Wildman–Crippen MR) is 74.4 cm³/mol. The minimum absolute atomic E-state index is 0.0242. The van der Waals surface area contributed by atoms with Gasteiger partial charge in [0.2, 0.25) is 0 Å². The van der Waals surface area contributed by atoms with Gasteiger partial charge in [-0.05, 0) is 19.0 Å². The first kappa shape index (κ1) is 16.8. The van der Waals surface area contributed by atoms with Crippen LogP contribution in [0.2, 0.25) is 0 Å². The number of ether oxygens (including phenoxy) is 3. The van der Waals surface area contributed by atoms with E-state index in [0.717, 1.165) is 13.0 Å². The fraction of sp³-hybridized carbons (Fsp3) is 0.643. The summed E-state index contributed by atoms with van der Waals surface area (Å²) < 4.78 is 29.4. The van der Waals surface area contributed by atoms with Crippen LogP contribution in [-0.2, 0) is 16.0 Å². The highest BCUT2D eigenvalue weighted by atomic mass is 19.1. The molecule has 20 heavy (non-hydrogen) atoms. The summed E-state index contributed by atoms with van der Waals surface area (Å²) in [6, 6.07) is 1.65. The molecule has 0 aliphatic heterocycles. The number of rotatable bonds is 11. The number of nitrogens with one attached hydrogen (secondary N) is 1. The van der Waals surface area contributed by atoms with Crippen LogP contribution in [0.1, 0.15) is 18.9 Å². The Labute approximate surface area is 119 Å². The summed E-state index contributed by atoms with van der Waals surface area (Å²) in [5.41, 5.74) is 0.559. The molecule has 0 atom stereocenters. The molecular weight excluding hydrogens is 263 g/mol. The molecule has 5 nitrogen and oxygen atoms in total. The molecule has 0 aromatic carbocycles. The molecule has 0 aliphatic carbocycles. The zero-order valence-corrected chi connectivity index (χ0v) is 12.2. The highest BCUT2D eigenvalue weighted by Gasteiger charge is 2.10. The lowest BCUT2D eigenvalue weighted by Crippen LogP contribution is -2.16. The Hall–Kier alpha value is -1.24. The Bertz CT molecular complexity index is 377. The van der Waals surface area contributed by atoms with Crippen molar-refractivity contribution in [2.45, 2.75) is 19.9 Å². The van der Waals surface area contributed by atoms with E-state index in [2.05, 4.69) is 17.2 Å². The first-order valence-corrected chi connectivity index (χ1v) is 6.83. The van der Waals surface area contributed by atoms with Crippen molar-refractivity contribution in [1.82, 2.24) is 10.3 Å². The van der Waals surface area contributed by atoms with Crippen LogP contribution in [0.3, 0.4) is 0 Å². The van der Waals surface area contributed by atoms with Crippen LogP contribution in [0.5, 0.6) is 5.88 Å². The molecule has 1 aromatic heterocycles. The molecule has 114 valence electrons. The van der Waals surface area contributed by atoms with E-state index in [1.54, 1.807) is 19.4 Å². The molecule has 0 fully saturated rings. The maximum absolute atomic E-state index is 14.0. The Morgan fingerprint density at radius 2 is 2.05 bits per heavy atom. The maximum Gasteiger partial charge on any atom is 0.250 e. The van der Waals surface area contributed by atoms with Crippen LogP contribution < -0.4 is 10.1 Å². The number of halogens is 1. The number of methoxy groups -OCH3 is 1. The summed E-state index contributed by atoms with van der Waals surface area (Å²) in [6.45, 7) is 5.06. The summed E-state index contributed by atoms with van der Waals surface area (Å²) in [5.74, 6) is -0.385. The van der Waals surface area contributed by atoms with Crippen molar-refractivity contribution in [2.75, 3.05) is 40.1 Å². The quantitative estimate of drug-likeness (QED) is 0.628.